The minimum Gasteiger partial charge on any atom is -0.361 e. The highest BCUT2D eigenvalue weighted by atomic mass is 14.9. The van der Waals surface area contributed by atoms with Crippen LogP contribution in [0.4, 0.5) is 5.69 Å². The van der Waals surface area contributed by atoms with E-state index in [2.05, 4.69) is 35.8 Å². The zero-order valence-electron chi connectivity index (χ0n) is 5.96. The molecule has 11 heavy (non-hydrogen) atoms. The van der Waals surface area contributed by atoms with E-state index in [1.807, 2.05) is 6.07 Å². The summed E-state index contributed by atoms with van der Waals surface area (Å²) in [5.74, 6) is 0. The third-order valence-electron chi connectivity index (χ3n) is 2.13. The maximum Gasteiger partial charge on any atom is 0.0459 e. The molecule has 1 aromatic carbocycles. The molecular formula is C10H7N. The molecule has 0 bridgehead atoms. The van der Waals surface area contributed by atoms with Crippen LogP contribution in [0.25, 0.3) is 5.57 Å². The van der Waals surface area contributed by atoms with E-state index in [-0.39, 0.29) is 0 Å². The van der Waals surface area contributed by atoms with Crippen molar-refractivity contribution in [3.63, 3.8) is 0 Å². The second-order valence-corrected chi connectivity index (χ2v) is 2.85. The van der Waals surface area contributed by atoms with Crippen LogP contribution in [0.1, 0.15) is 5.56 Å². The van der Waals surface area contributed by atoms with Crippen LogP contribution in [0.15, 0.2) is 42.1 Å². The summed E-state index contributed by atoms with van der Waals surface area (Å²) in [5, 5.41) is 3.24. The Morgan fingerprint density at radius 3 is 3.00 bits per heavy atom. The second-order valence-electron chi connectivity index (χ2n) is 2.85. The highest BCUT2D eigenvalue weighted by Gasteiger charge is 2.23. The van der Waals surface area contributed by atoms with Crippen molar-refractivity contribution in [1.82, 2.24) is 0 Å². The fourth-order valence-corrected chi connectivity index (χ4v) is 1.47. The van der Waals surface area contributed by atoms with Gasteiger partial charge in [0, 0.05) is 17.5 Å². The summed E-state index contributed by atoms with van der Waals surface area (Å²) in [6, 6.07) is 8.37. The van der Waals surface area contributed by atoms with Gasteiger partial charge in [0.15, 0.2) is 0 Å². The lowest BCUT2D eigenvalue weighted by Crippen LogP contribution is -1.95. The Kier molecular flexibility index (Phi) is 0.737. The summed E-state index contributed by atoms with van der Waals surface area (Å²) in [4.78, 5) is 0. The van der Waals surface area contributed by atoms with Crippen LogP contribution in [0.5, 0.6) is 0 Å². The SMILES string of the molecule is C1=C2C=C2c2ccccc2N1. The van der Waals surface area contributed by atoms with Crippen LogP contribution in [0.2, 0.25) is 0 Å². The van der Waals surface area contributed by atoms with Crippen molar-refractivity contribution in [2.75, 3.05) is 5.32 Å². The Hall–Kier alpha value is -1.50. The molecule has 52 valence electrons. The van der Waals surface area contributed by atoms with Crippen molar-refractivity contribution in [3.05, 3.63) is 47.7 Å². The molecule has 1 aliphatic carbocycles. The molecule has 1 aromatic rings. The number of anilines is 1. The Labute approximate surface area is 65.1 Å². The van der Waals surface area contributed by atoms with Crippen LogP contribution in [-0.2, 0) is 0 Å². The Morgan fingerprint density at radius 1 is 1.09 bits per heavy atom. The molecule has 1 heterocycles. The highest BCUT2D eigenvalue weighted by molar-refractivity contribution is 6.03. The largest absolute Gasteiger partial charge is 0.361 e. The summed E-state index contributed by atoms with van der Waals surface area (Å²) in [6.07, 6.45) is 4.25. The fourth-order valence-electron chi connectivity index (χ4n) is 1.47. The fraction of sp³-hybridized carbons (Fsp3) is 0. The Morgan fingerprint density at radius 2 is 2.00 bits per heavy atom. The molecule has 0 atom stereocenters. The Bertz CT molecular complexity index is 386. The monoisotopic (exact) mass is 141 g/mol. The number of hydrogen-bond donors (Lipinski definition) is 1. The van der Waals surface area contributed by atoms with Crippen LogP contribution in [0, 0.1) is 0 Å². The van der Waals surface area contributed by atoms with E-state index < -0.39 is 0 Å². The van der Waals surface area contributed by atoms with Gasteiger partial charge < -0.3 is 5.32 Å². The molecule has 1 aliphatic heterocycles. The molecule has 1 nitrogen and oxygen atoms in total. The van der Waals surface area contributed by atoms with E-state index >= 15 is 0 Å². The summed E-state index contributed by atoms with van der Waals surface area (Å²) >= 11 is 0. The lowest BCUT2D eigenvalue weighted by molar-refractivity contribution is 1.51. The number of nitrogens with one attached hydrogen (secondary N) is 1. The van der Waals surface area contributed by atoms with Gasteiger partial charge in [0.1, 0.15) is 0 Å². The van der Waals surface area contributed by atoms with Crippen molar-refractivity contribution in [3.8, 4) is 0 Å². The average molecular weight is 141 g/mol. The molecule has 0 amide bonds. The highest BCUT2D eigenvalue weighted by Crippen LogP contribution is 2.43. The van der Waals surface area contributed by atoms with Crippen molar-refractivity contribution < 1.29 is 0 Å². The van der Waals surface area contributed by atoms with Crippen molar-refractivity contribution in [2.45, 2.75) is 0 Å². The van der Waals surface area contributed by atoms with E-state index in [0.29, 0.717) is 0 Å². The summed E-state index contributed by atoms with van der Waals surface area (Å²) in [7, 11) is 0. The second kappa shape index (κ2) is 1.56. The molecule has 2 aliphatic rings. The van der Waals surface area contributed by atoms with E-state index in [4.69, 9.17) is 0 Å². The smallest absolute Gasteiger partial charge is 0.0459 e. The lowest BCUT2D eigenvalue weighted by Gasteiger charge is -2.09. The normalized spacial score (nSPS) is 17.1. The summed E-state index contributed by atoms with van der Waals surface area (Å²) < 4.78 is 0. The molecule has 0 fully saturated rings. The van der Waals surface area contributed by atoms with Gasteiger partial charge in [-0.1, -0.05) is 18.2 Å². The number of para-hydroxylation sites is 1. The van der Waals surface area contributed by atoms with Crippen LogP contribution in [-0.4, -0.2) is 0 Å². The van der Waals surface area contributed by atoms with Crippen LogP contribution in [0.3, 0.4) is 0 Å². The van der Waals surface area contributed by atoms with Gasteiger partial charge in [-0.05, 0) is 23.3 Å². The molecule has 1 N–H and O–H groups in total. The molecule has 0 aromatic heterocycles. The number of fused-ring (bicyclic) bond motifs is 3. The first-order chi connectivity index (χ1) is 5.45. The Balaban J connectivity index is 2.28. The van der Waals surface area contributed by atoms with Gasteiger partial charge in [-0.3, -0.25) is 0 Å². The van der Waals surface area contributed by atoms with Crippen LogP contribution >= 0.6 is 0 Å². The molecule has 1 heteroatoms. The molecule has 3 rings (SSSR count). The topological polar surface area (TPSA) is 12.0 Å². The molecule has 0 radical (unpaired) electrons. The van der Waals surface area contributed by atoms with Gasteiger partial charge in [-0.2, -0.15) is 0 Å². The van der Waals surface area contributed by atoms with Crippen molar-refractivity contribution in [2.24, 2.45) is 0 Å². The predicted octanol–water partition coefficient (Wildman–Crippen LogP) is 2.39. The first kappa shape index (κ1) is 5.19. The first-order valence-electron chi connectivity index (χ1n) is 3.73. The number of allylic oxidation sites excluding steroid dienone is 3. The average Bonchev–Trinajstić information content (AvgIpc) is 2.83. The lowest BCUT2D eigenvalue weighted by atomic mass is 10.1. The van der Waals surface area contributed by atoms with Gasteiger partial charge in [0.25, 0.3) is 0 Å². The zero-order chi connectivity index (χ0) is 7.26. The maximum atomic E-state index is 3.24. The molecule has 0 saturated carbocycles. The summed E-state index contributed by atoms with van der Waals surface area (Å²) in [6.45, 7) is 0. The van der Waals surface area contributed by atoms with E-state index in [1.54, 1.807) is 0 Å². The first-order valence-corrected chi connectivity index (χ1v) is 3.73. The molecule has 0 unspecified atom stereocenters. The minimum atomic E-state index is 1.22. The number of rotatable bonds is 0. The third-order valence-corrected chi connectivity index (χ3v) is 2.13. The molecule has 0 spiro atoms. The predicted molar refractivity (Wildman–Crippen MR) is 46.1 cm³/mol. The minimum absolute atomic E-state index is 1.22. The number of benzene rings is 1. The van der Waals surface area contributed by atoms with Gasteiger partial charge >= 0.3 is 0 Å². The number of hydrogen-bond acceptors (Lipinski definition) is 1. The standard InChI is InChI=1S/C10H7N/c1-2-4-10-8(3-1)9-5-7(9)6-11-10/h1-6,11H. The van der Waals surface area contributed by atoms with Crippen molar-refractivity contribution in [1.29, 1.82) is 0 Å². The van der Waals surface area contributed by atoms with E-state index in [9.17, 15) is 0 Å². The van der Waals surface area contributed by atoms with E-state index in [1.165, 1.54) is 22.4 Å². The van der Waals surface area contributed by atoms with Crippen molar-refractivity contribution >= 4 is 11.3 Å². The zero-order valence-corrected chi connectivity index (χ0v) is 5.96. The van der Waals surface area contributed by atoms with Gasteiger partial charge in [0.2, 0.25) is 0 Å². The van der Waals surface area contributed by atoms with Gasteiger partial charge in [0.05, 0.1) is 0 Å². The van der Waals surface area contributed by atoms with Crippen LogP contribution < -0.4 is 5.32 Å². The van der Waals surface area contributed by atoms with Gasteiger partial charge in [-0.15, -0.1) is 0 Å². The third kappa shape index (κ3) is 0.598. The quantitative estimate of drug-likeness (QED) is 0.585. The van der Waals surface area contributed by atoms with Gasteiger partial charge in [-0.25, -0.2) is 0 Å². The maximum absolute atomic E-state index is 3.24. The summed E-state index contributed by atoms with van der Waals surface area (Å²) in [5.41, 5.74) is 5.31. The molecule has 0 saturated heterocycles. The molecular weight excluding hydrogens is 134 g/mol. The van der Waals surface area contributed by atoms with E-state index in [0.717, 1.165) is 0 Å².